The smallest absolute Gasteiger partial charge is 0.257 e. The fourth-order valence-corrected chi connectivity index (χ4v) is 2.56. The highest BCUT2D eigenvalue weighted by atomic mass is 16.5. The van der Waals surface area contributed by atoms with Crippen molar-refractivity contribution in [2.75, 3.05) is 13.1 Å². The number of carbonyl (C=O) groups is 1. The summed E-state index contributed by atoms with van der Waals surface area (Å²) in [5.74, 6) is 0.0421. The first kappa shape index (κ1) is 13.1. The van der Waals surface area contributed by atoms with Gasteiger partial charge in [0, 0.05) is 19.3 Å². The predicted octanol–water partition coefficient (Wildman–Crippen LogP) is 1.37. The Morgan fingerprint density at radius 1 is 1.55 bits per heavy atom. The van der Waals surface area contributed by atoms with Gasteiger partial charge in [0.25, 0.3) is 11.6 Å². The molecule has 1 aliphatic rings. The summed E-state index contributed by atoms with van der Waals surface area (Å²) >= 11 is 0. The van der Waals surface area contributed by atoms with Crippen molar-refractivity contribution in [3.63, 3.8) is 0 Å². The molecule has 0 bridgehead atoms. The molecule has 1 fully saturated rings. The molecule has 0 spiro atoms. The third-order valence-corrected chi connectivity index (χ3v) is 3.90. The Hall–Kier alpha value is -1.95. The van der Waals surface area contributed by atoms with Gasteiger partial charge < -0.3 is 14.5 Å². The summed E-state index contributed by atoms with van der Waals surface area (Å²) in [7, 11) is 0. The molecule has 1 aliphatic heterocycles. The van der Waals surface area contributed by atoms with Crippen LogP contribution < -0.4 is 0 Å². The number of hydrogen-bond donors (Lipinski definition) is 1. The van der Waals surface area contributed by atoms with Crippen LogP contribution in [0.1, 0.15) is 29.4 Å². The highest BCUT2D eigenvalue weighted by molar-refractivity contribution is 5.97. The summed E-state index contributed by atoms with van der Waals surface area (Å²) < 4.78 is 5.04. The highest BCUT2D eigenvalue weighted by Crippen LogP contribution is 2.21. The standard InChI is InChI=1S/C14H17N3O3/c1-8-7-17(4-3-12(8)18)14(19)10-5-11-9(2)16-20-13(11)15-6-10/h5-6,8,12,18H,3-4,7H2,1-2H3. The Morgan fingerprint density at radius 2 is 2.35 bits per heavy atom. The third kappa shape index (κ3) is 2.16. The molecule has 3 rings (SSSR count). The van der Waals surface area contributed by atoms with Crippen LogP contribution in [0.3, 0.4) is 0 Å². The predicted molar refractivity (Wildman–Crippen MR) is 72.2 cm³/mol. The van der Waals surface area contributed by atoms with Gasteiger partial charge in [0.1, 0.15) is 0 Å². The zero-order valence-corrected chi connectivity index (χ0v) is 11.5. The number of rotatable bonds is 1. The minimum atomic E-state index is -0.319. The molecule has 1 amide bonds. The number of aryl methyl sites for hydroxylation is 1. The van der Waals surface area contributed by atoms with Crippen molar-refractivity contribution >= 4 is 17.0 Å². The maximum Gasteiger partial charge on any atom is 0.257 e. The molecule has 2 aromatic rings. The van der Waals surface area contributed by atoms with Crippen LogP contribution >= 0.6 is 0 Å². The van der Waals surface area contributed by atoms with Crippen LogP contribution in [0.5, 0.6) is 0 Å². The fraction of sp³-hybridized carbons (Fsp3) is 0.500. The van der Waals surface area contributed by atoms with E-state index in [0.29, 0.717) is 30.8 Å². The molecule has 0 radical (unpaired) electrons. The number of carbonyl (C=O) groups excluding carboxylic acids is 1. The Labute approximate surface area is 116 Å². The van der Waals surface area contributed by atoms with Crippen molar-refractivity contribution in [1.29, 1.82) is 0 Å². The minimum absolute atomic E-state index is 0.0567. The van der Waals surface area contributed by atoms with Crippen molar-refractivity contribution < 1.29 is 14.4 Å². The molecule has 0 saturated carbocycles. The lowest BCUT2D eigenvalue weighted by atomic mass is 9.96. The topological polar surface area (TPSA) is 79.5 Å². The van der Waals surface area contributed by atoms with Crippen molar-refractivity contribution in [2.24, 2.45) is 5.92 Å². The minimum Gasteiger partial charge on any atom is -0.393 e. The van der Waals surface area contributed by atoms with Gasteiger partial charge >= 0.3 is 0 Å². The van der Waals surface area contributed by atoms with E-state index in [9.17, 15) is 9.90 Å². The van der Waals surface area contributed by atoms with Gasteiger partial charge in [-0.3, -0.25) is 4.79 Å². The number of aliphatic hydroxyl groups is 1. The van der Waals surface area contributed by atoms with Gasteiger partial charge in [-0.25, -0.2) is 4.98 Å². The number of nitrogens with zero attached hydrogens (tertiary/aromatic N) is 3. The number of aliphatic hydroxyl groups excluding tert-OH is 1. The molecule has 2 aromatic heterocycles. The second-order valence-corrected chi connectivity index (χ2v) is 5.43. The van der Waals surface area contributed by atoms with Gasteiger partial charge in [-0.05, 0) is 25.3 Å². The van der Waals surface area contributed by atoms with E-state index in [-0.39, 0.29) is 17.9 Å². The summed E-state index contributed by atoms with van der Waals surface area (Å²) in [6, 6.07) is 1.77. The first-order valence-electron chi connectivity index (χ1n) is 6.75. The molecule has 0 aromatic carbocycles. The first-order valence-corrected chi connectivity index (χ1v) is 6.75. The van der Waals surface area contributed by atoms with E-state index in [1.165, 1.54) is 6.20 Å². The number of hydrogen-bond acceptors (Lipinski definition) is 5. The summed E-state index contributed by atoms with van der Waals surface area (Å²) in [6.45, 7) is 4.92. The molecule has 20 heavy (non-hydrogen) atoms. The monoisotopic (exact) mass is 275 g/mol. The largest absolute Gasteiger partial charge is 0.393 e. The lowest BCUT2D eigenvalue weighted by Gasteiger charge is -2.34. The molecule has 6 nitrogen and oxygen atoms in total. The fourth-order valence-electron chi connectivity index (χ4n) is 2.56. The van der Waals surface area contributed by atoms with Crippen LogP contribution in [0.4, 0.5) is 0 Å². The summed E-state index contributed by atoms with van der Waals surface area (Å²) in [5.41, 5.74) is 1.71. The Bertz CT molecular complexity index is 652. The highest BCUT2D eigenvalue weighted by Gasteiger charge is 2.28. The maximum atomic E-state index is 12.5. The third-order valence-electron chi connectivity index (χ3n) is 3.90. The van der Waals surface area contributed by atoms with Crippen molar-refractivity contribution in [3.05, 3.63) is 23.5 Å². The molecule has 2 atom stereocenters. The second kappa shape index (κ2) is 4.86. The first-order chi connectivity index (χ1) is 9.56. The van der Waals surface area contributed by atoms with Crippen molar-refractivity contribution in [2.45, 2.75) is 26.4 Å². The van der Waals surface area contributed by atoms with Crippen LogP contribution in [-0.2, 0) is 0 Å². The Balaban J connectivity index is 1.86. The van der Waals surface area contributed by atoms with E-state index in [2.05, 4.69) is 10.1 Å². The molecule has 1 saturated heterocycles. The quantitative estimate of drug-likeness (QED) is 0.850. The van der Waals surface area contributed by atoms with Crippen LogP contribution in [0.25, 0.3) is 11.1 Å². The van der Waals surface area contributed by atoms with Gasteiger partial charge in [0.2, 0.25) is 0 Å². The molecular formula is C14H17N3O3. The van der Waals surface area contributed by atoms with Crippen LogP contribution in [0.15, 0.2) is 16.8 Å². The van der Waals surface area contributed by atoms with Crippen LogP contribution in [0, 0.1) is 12.8 Å². The summed E-state index contributed by atoms with van der Waals surface area (Å²) in [5, 5.41) is 14.3. The summed E-state index contributed by atoms with van der Waals surface area (Å²) in [4.78, 5) is 18.4. The van der Waals surface area contributed by atoms with E-state index in [1.54, 1.807) is 11.0 Å². The van der Waals surface area contributed by atoms with Crippen LogP contribution in [0.2, 0.25) is 0 Å². The number of amides is 1. The maximum absolute atomic E-state index is 12.5. The molecule has 1 N–H and O–H groups in total. The normalized spacial score (nSPS) is 23.2. The lowest BCUT2D eigenvalue weighted by molar-refractivity contribution is 0.0297. The molecule has 3 heterocycles. The van der Waals surface area contributed by atoms with Gasteiger partial charge in [-0.15, -0.1) is 0 Å². The van der Waals surface area contributed by atoms with Gasteiger partial charge in [0.05, 0.1) is 22.7 Å². The van der Waals surface area contributed by atoms with E-state index in [0.717, 1.165) is 11.1 Å². The number of aromatic nitrogens is 2. The van der Waals surface area contributed by atoms with E-state index in [4.69, 9.17) is 4.52 Å². The van der Waals surface area contributed by atoms with Crippen molar-refractivity contribution in [3.8, 4) is 0 Å². The molecular weight excluding hydrogens is 258 g/mol. The lowest BCUT2D eigenvalue weighted by Crippen LogP contribution is -2.44. The second-order valence-electron chi connectivity index (χ2n) is 5.43. The zero-order valence-electron chi connectivity index (χ0n) is 11.5. The average molecular weight is 275 g/mol. The number of fused-ring (bicyclic) bond motifs is 1. The van der Waals surface area contributed by atoms with E-state index >= 15 is 0 Å². The van der Waals surface area contributed by atoms with Gasteiger partial charge in [-0.2, -0.15) is 0 Å². The SMILES string of the molecule is Cc1noc2ncc(C(=O)N3CCC(O)C(C)C3)cc12. The Morgan fingerprint density at radius 3 is 3.10 bits per heavy atom. The molecule has 2 unspecified atom stereocenters. The Kier molecular flexibility index (Phi) is 3.17. The van der Waals surface area contributed by atoms with Gasteiger partial charge in [-0.1, -0.05) is 12.1 Å². The van der Waals surface area contributed by atoms with E-state index < -0.39 is 0 Å². The van der Waals surface area contributed by atoms with Gasteiger partial charge in [0.15, 0.2) is 0 Å². The molecule has 6 heteroatoms. The van der Waals surface area contributed by atoms with Crippen molar-refractivity contribution in [1.82, 2.24) is 15.0 Å². The van der Waals surface area contributed by atoms with Crippen LogP contribution in [-0.4, -0.2) is 45.2 Å². The number of pyridine rings is 1. The summed E-state index contributed by atoms with van der Waals surface area (Å²) in [6.07, 6.45) is 1.82. The molecule has 106 valence electrons. The number of piperidine rings is 1. The average Bonchev–Trinajstić information content (AvgIpc) is 2.82. The zero-order chi connectivity index (χ0) is 14.3. The van der Waals surface area contributed by atoms with E-state index in [1.807, 2.05) is 13.8 Å². The number of likely N-dealkylation sites (tertiary alicyclic amines) is 1. The molecule has 0 aliphatic carbocycles.